The second-order valence-corrected chi connectivity index (χ2v) is 12.2. The van der Waals surface area contributed by atoms with Gasteiger partial charge < -0.3 is 24.8 Å². The van der Waals surface area contributed by atoms with Gasteiger partial charge in [0.1, 0.15) is 16.9 Å². The van der Waals surface area contributed by atoms with Crippen LogP contribution in [0.5, 0.6) is 0 Å². The van der Waals surface area contributed by atoms with Gasteiger partial charge in [-0.05, 0) is 44.3 Å². The smallest absolute Gasteiger partial charge is 0.309 e. The summed E-state index contributed by atoms with van der Waals surface area (Å²) in [6.45, 7) is 10.6. The summed E-state index contributed by atoms with van der Waals surface area (Å²) in [4.78, 5) is 30.5. The third-order valence-electron chi connectivity index (χ3n) is 8.00. The van der Waals surface area contributed by atoms with E-state index in [1.807, 2.05) is 32.2 Å². The molecule has 0 amide bonds. The molecule has 0 bridgehead atoms. The number of nitrogens with zero attached hydrogens (tertiary/aromatic N) is 1. The van der Waals surface area contributed by atoms with Gasteiger partial charge in [-0.25, -0.2) is 4.98 Å². The van der Waals surface area contributed by atoms with Crippen LogP contribution in [0.2, 0.25) is 0 Å². The van der Waals surface area contributed by atoms with Gasteiger partial charge in [-0.3, -0.25) is 9.59 Å². The van der Waals surface area contributed by atoms with Gasteiger partial charge >= 0.3 is 5.97 Å². The van der Waals surface area contributed by atoms with Gasteiger partial charge in [-0.15, -0.1) is 11.3 Å². The number of Topliss-reactive ketones (excluding diaryl/α,β-unsaturated/α-hetero) is 1. The summed E-state index contributed by atoms with van der Waals surface area (Å²) in [6.07, 6.45) is 1.60. The number of fused-ring (bicyclic) bond motifs is 1. The van der Waals surface area contributed by atoms with Crippen molar-refractivity contribution >= 4 is 29.2 Å². The Bertz CT molecular complexity index is 973. The molecule has 0 spiro atoms. The predicted octanol–water partition coefficient (Wildman–Crippen LogP) is 3.66. The fourth-order valence-electron chi connectivity index (χ4n) is 5.08. The fourth-order valence-corrected chi connectivity index (χ4v) is 5.69. The van der Waals surface area contributed by atoms with Crippen LogP contribution in [0.15, 0.2) is 11.0 Å². The first kappa shape index (κ1) is 28.9. The molecule has 0 aromatic carbocycles. The second kappa shape index (κ2) is 11.4. The van der Waals surface area contributed by atoms with Crippen LogP contribution in [0, 0.1) is 17.3 Å². The van der Waals surface area contributed by atoms with E-state index in [4.69, 9.17) is 9.47 Å². The molecule has 2 aliphatic rings. The Kier molecular flexibility index (Phi) is 9.15. The zero-order chi connectivity index (χ0) is 26.8. The van der Waals surface area contributed by atoms with Gasteiger partial charge in [-0.2, -0.15) is 0 Å². The van der Waals surface area contributed by atoms with Gasteiger partial charge in [0, 0.05) is 17.7 Å². The number of cyclic esters (lactones) is 1. The van der Waals surface area contributed by atoms with E-state index in [-0.39, 0.29) is 36.4 Å². The van der Waals surface area contributed by atoms with Gasteiger partial charge in [0.15, 0.2) is 0 Å². The summed E-state index contributed by atoms with van der Waals surface area (Å²) in [5.74, 6) is -1.64. The molecule has 2 saturated heterocycles. The zero-order valence-corrected chi connectivity index (χ0v) is 23.0. The molecular weight excluding hydrogens is 482 g/mol. The maximum absolute atomic E-state index is 13.2. The molecule has 0 saturated carbocycles. The van der Waals surface area contributed by atoms with Crippen LogP contribution in [-0.2, 0) is 25.7 Å². The van der Waals surface area contributed by atoms with E-state index in [0.717, 1.165) is 24.8 Å². The first-order valence-electron chi connectivity index (χ1n) is 12.8. The summed E-state index contributed by atoms with van der Waals surface area (Å²) in [7, 11) is 0. The molecule has 1 aromatic rings. The lowest BCUT2D eigenvalue weighted by atomic mass is 9.73. The topological polar surface area (TPSA) is 129 Å². The molecule has 3 heterocycles. The monoisotopic (exact) mass is 523 g/mol. The van der Waals surface area contributed by atoms with Crippen molar-refractivity contribution in [2.75, 3.05) is 0 Å². The largest absolute Gasteiger partial charge is 0.458 e. The van der Waals surface area contributed by atoms with E-state index in [0.29, 0.717) is 17.1 Å². The molecular formula is C27H41NO7S. The third kappa shape index (κ3) is 6.61. The van der Waals surface area contributed by atoms with Gasteiger partial charge in [-0.1, -0.05) is 34.1 Å². The van der Waals surface area contributed by atoms with Crippen molar-refractivity contribution in [3.05, 3.63) is 21.7 Å². The SMILES string of the molecule is C/C(=C\c1csc(CO)n1)[C@@H]1C[C@@H]2O[C@]2(C)CCC[C@H](C)[C@@H](O)[C@@H](C)C(=O)C(C)(C)[C@@H](O)CC(=O)O1. The molecule has 2 aliphatic heterocycles. The first-order valence-corrected chi connectivity index (χ1v) is 13.7. The predicted molar refractivity (Wildman–Crippen MR) is 137 cm³/mol. The van der Waals surface area contributed by atoms with Crippen molar-refractivity contribution in [3.8, 4) is 0 Å². The summed E-state index contributed by atoms with van der Waals surface area (Å²) < 4.78 is 11.9. The minimum Gasteiger partial charge on any atom is -0.458 e. The normalized spacial score (nSPS) is 36.8. The standard InChI is InChI=1S/C27H41NO7S/c1-15-8-7-9-27(6)21(35-27)11-19(16(2)10-18-14-36-22(13-29)28-18)34-23(31)12-20(30)26(4,5)25(33)17(3)24(15)32/h10,14-15,17,19-21,24,29-30,32H,7-9,11-13H2,1-6H3/b16-10+/t15-,17+,19-,20-,21-,24+,27+/m0/s1. The van der Waals surface area contributed by atoms with E-state index < -0.39 is 35.6 Å². The molecule has 36 heavy (non-hydrogen) atoms. The maximum atomic E-state index is 13.2. The van der Waals surface area contributed by atoms with Gasteiger partial charge in [0.2, 0.25) is 0 Å². The second-order valence-electron chi connectivity index (χ2n) is 11.3. The molecule has 0 unspecified atom stereocenters. The number of epoxide rings is 1. The molecule has 1 aromatic heterocycles. The number of aromatic nitrogens is 1. The molecule has 9 heteroatoms. The van der Waals surface area contributed by atoms with E-state index in [9.17, 15) is 24.9 Å². The fraction of sp³-hybridized carbons (Fsp3) is 0.741. The Morgan fingerprint density at radius 2 is 1.94 bits per heavy atom. The molecule has 0 aliphatic carbocycles. The number of esters is 1. The number of ketones is 1. The number of ether oxygens (including phenoxy) is 2. The van der Waals surface area contributed by atoms with Crippen LogP contribution in [0.25, 0.3) is 6.08 Å². The average molecular weight is 524 g/mol. The number of hydrogen-bond donors (Lipinski definition) is 3. The Hall–Kier alpha value is -1.65. The molecule has 3 N–H and O–H groups in total. The van der Waals surface area contributed by atoms with E-state index in [1.165, 1.54) is 11.3 Å². The van der Waals surface area contributed by atoms with Crippen LogP contribution >= 0.6 is 11.3 Å². The van der Waals surface area contributed by atoms with E-state index in [1.54, 1.807) is 20.8 Å². The molecule has 8 nitrogen and oxygen atoms in total. The summed E-state index contributed by atoms with van der Waals surface area (Å²) in [6, 6.07) is 0. The lowest BCUT2D eigenvalue weighted by molar-refractivity contribution is -0.154. The summed E-state index contributed by atoms with van der Waals surface area (Å²) in [5, 5.41) is 33.4. The zero-order valence-electron chi connectivity index (χ0n) is 22.2. The highest BCUT2D eigenvalue weighted by molar-refractivity contribution is 7.09. The number of aliphatic hydroxyl groups excluding tert-OH is 3. The van der Waals surface area contributed by atoms with Crippen LogP contribution in [0.3, 0.4) is 0 Å². The Morgan fingerprint density at radius 3 is 2.58 bits per heavy atom. The number of thiazole rings is 1. The number of rotatable bonds is 3. The summed E-state index contributed by atoms with van der Waals surface area (Å²) >= 11 is 1.35. The molecule has 3 rings (SSSR count). The minimum absolute atomic E-state index is 0.0860. The van der Waals surface area contributed by atoms with Crippen LogP contribution in [0.1, 0.15) is 84.3 Å². The van der Waals surface area contributed by atoms with Crippen molar-refractivity contribution < 1.29 is 34.4 Å². The minimum atomic E-state index is -1.26. The third-order valence-corrected chi connectivity index (χ3v) is 8.85. The maximum Gasteiger partial charge on any atom is 0.309 e. The Morgan fingerprint density at radius 1 is 1.25 bits per heavy atom. The Labute approximate surface area is 217 Å². The number of carbonyl (C=O) groups excluding carboxylic acids is 2. The van der Waals surface area contributed by atoms with E-state index >= 15 is 0 Å². The van der Waals surface area contributed by atoms with Crippen LogP contribution in [-0.4, -0.2) is 62.1 Å². The van der Waals surface area contributed by atoms with Gasteiger partial charge in [0.05, 0.1) is 48.0 Å². The average Bonchev–Trinajstić information content (AvgIpc) is 3.23. The van der Waals surface area contributed by atoms with Crippen LogP contribution in [0.4, 0.5) is 0 Å². The van der Waals surface area contributed by atoms with Gasteiger partial charge in [0.25, 0.3) is 0 Å². The van der Waals surface area contributed by atoms with Crippen molar-refractivity contribution in [3.63, 3.8) is 0 Å². The Balaban J connectivity index is 1.85. The molecule has 202 valence electrons. The van der Waals surface area contributed by atoms with E-state index in [2.05, 4.69) is 4.98 Å². The number of carbonyl (C=O) groups is 2. The molecule has 0 radical (unpaired) electrons. The van der Waals surface area contributed by atoms with Crippen molar-refractivity contribution in [2.45, 2.75) is 110 Å². The highest BCUT2D eigenvalue weighted by Gasteiger charge is 2.53. The lowest BCUT2D eigenvalue weighted by Gasteiger charge is -2.34. The number of hydrogen-bond acceptors (Lipinski definition) is 9. The quantitative estimate of drug-likeness (QED) is 0.404. The van der Waals surface area contributed by atoms with Crippen molar-refractivity contribution in [1.82, 2.24) is 4.98 Å². The summed E-state index contributed by atoms with van der Waals surface area (Å²) in [5.41, 5.74) is -0.0964. The van der Waals surface area contributed by atoms with Crippen molar-refractivity contribution in [2.24, 2.45) is 17.3 Å². The lowest BCUT2D eigenvalue weighted by Crippen LogP contribution is -2.45. The molecule has 2 fully saturated rings. The first-order chi connectivity index (χ1) is 16.8. The van der Waals surface area contributed by atoms with Crippen LogP contribution < -0.4 is 0 Å². The number of aliphatic hydroxyl groups is 3. The molecule has 7 atom stereocenters. The highest BCUT2D eigenvalue weighted by atomic mass is 32.1. The highest BCUT2D eigenvalue weighted by Crippen LogP contribution is 2.45. The van der Waals surface area contributed by atoms with Crippen molar-refractivity contribution in [1.29, 1.82) is 0 Å².